The molecular weight excluding hydrogens is 330 g/mol. The number of rotatable bonds is 6. The van der Waals surface area contributed by atoms with E-state index in [4.69, 9.17) is 4.74 Å². The third kappa shape index (κ3) is 3.45. The third-order valence-corrected chi connectivity index (χ3v) is 5.78. The Morgan fingerprint density at radius 1 is 1.42 bits per heavy atom. The normalized spacial score (nSPS) is 22.0. The third-order valence-electron chi connectivity index (χ3n) is 4.34. The molecule has 0 amide bonds. The molecule has 1 aromatic heterocycles. The van der Waals surface area contributed by atoms with E-state index < -0.39 is 16.1 Å². The number of sulfonamides is 1. The van der Waals surface area contributed by atoms with Crippen molar-refractivity contribution < 1.29 is 18.3 Å². The van der Waals surface area contributed by atoms with Gasteiger partial charge in [0.2, 0.25) is 10.0 Å². The molecule has 1 aliphatic carbocycles. The van der Waals surface area contributed by atoms with Crippen molar-refractivity contribution in [3.8, 4) is 5.75 Å². The van der Waals surface area contributed by atoms with Gasteiger partial charge in [0.1, 0.15) is 5.75 Å². The minimum absolute atomic E-state index is 0.0459. The van der Waals surface area contributed by atoms with Crippen molar-refractivity contribution in [3.63, 3.8) is 0 Å². The van der Waals surface area contributed by atoms with Gasteiger partial charge in [-0.2, -0.15) is 5.10 Å². The molecule has 0 aliphatic heterocycles. The highest BCUT2D eigenvalue weighted by Gasteiger charge is 2.37. The molecule has 24 heavy (non-hydrogen) atoms. The summed E-state index contributed by atoms with van der Waals surface area (Å²) in [5, 5.41) is 13.7. The SMILES string of the molecule is COc1cccc(S(=O)(=O)N[C@@H](c2cnn(C)c2)C2CC(O)C2)c1. The van der Waals surface area contributed by atoms with Crippen LogP contribution in [0.15, 0.2) is 41.6 Å². The molecule has 0 unspecified atom stereocenters. The quantitative estimate of drug-likeness (QED) is 0.816. The molecule has 1 fully saturated rings. The number of aliphatic hydroxyl groups is 1. The summed E-state index contributed by atoms with van der Waals surface area (Å²) in [6.07, 6.45) is 4.23. The molecule has 2 aromatic rings. The van der Waals surface area contributed by atoms with Crippen LogP contribution in [0.5, 0.6) is 5.75 Å². The summed E-state index contributed by atoms with van der Waals surface area (Å²) in [4.78, 5) is 0.149. The standard InChI is InChI=1S/C16H21N3O4S/c1-19-10-12(9-17-19)16(11-6-13(20)7-11)18-24(21,22)15-5-3-4-14(8-15)23-2/h3-5,8-11,13,16,18,20H,6-7H2,1-2H3/t11?,13?,16-/m1/s1. The van der Waals surface area contributed by atoms with Gasteiger partial charge < -0.3 is 9.84 Å². The maximum absolute atomic E-state index is 12.8. The smallest absolute Gasteiger partial charge is 0.241 e. The molecule has 1 heterocycles. The fraction of sp³-hybridized carbons (Fsp3) is 0.438. The highest BCUT2D eigenvalue weighted by atomic mass is 32.2. The van der Waals surface area contributed by atoms with E-state index in [0.717, 1.165) is 5.56 Å². The Morgan fingerprint density at radius 3 is 2.75 bits per heavy atom. The lowest BCUT2D eigenvalue weighted by molar-refractivity contribution is 0.0280. The summed E-state index contributed by atoms with van der Waals surface area (Å²) in [5.41, 5.74) is 0.792. The van der Waals surface area contributed by atoms with Crippen molar-refractivity contribution in [3.05, 3.63) is 42.2 Å². The molecule has 1 saturated carbocycles. The minimum atomic E-state index is -3.72. The van der Waals surface area contributed by atoms with Crippen molar-refractivity contribution in [2.75, 3.05) is 7.11 Å². The lowest BCUT2D eigenvalue weighted by Crippen LogP contribution is -2.41. The maximum Gasteiger partial charge on any atom is 0.241 e. The number of aliphatic hydroxyl groups excluding tert-OH is 1. The molecule has 0 radical (unpaired) electrons. The van der Waals surface area contributed by atoms with Crippen LogP contribution < -0.4 is 9.46 Å². The van der Waals surface area contributed by atoms with Crippen LogP contribution in [-0.2, 0) is 17.1 Å². The summed E-state index contributed by atoms with van der Waals surface area (Å²) in [6, 6.07) is 5.93. The van der Waals surface area contributed by atoms with Gasteiger partial charge in [-0.05, 0) is 30.9 Å². The second-order valence-electron chi connectivity index (χ2n) is 6.11. The van der Waals surface area contributed by atoms with Crippen molar-refractivity contribution in [2.24, 2.45) is 13.0 Å². The number of nitrogens with one attached hydrogen (secondary N) is 1. The molecule has 8 heteroatoms. The molecule has 0 bridgehead atoms. The Morgan fingerprint density at radius 2 is 2.17 bits per heavy atom. The maximum atomic E-state index is 12.8. The van der Waals surface area contributed by atoms with Gasteiger partial charge in [0.15, 0.2) is 0 Å². The zero-order valence-electron chi connectivity index (χ0n) is 13.6. The highest BCUT2D eigenvalue weighted by molar-refractivity contribution is 7.89. The van der Waals surface area contributed by atoms with E-state index in [2.05, 4.69) is 9.82 Å². The van der Waals surface area contributed by atoms with Gasteiger partial charge in [-0.15, -0.1) is 0 Å². The molecule has 0 spiro atoms. The van der Waals surface area contributed by atoms with Crippen LogP contribution in [0.4, 0.5) is 0 Å². The van der Waals surface area contributed by atoms with Gasteiger partial charge in [0.25, 0.3) is 0 Å². The molecule has 130 valence electrons. The molecule has 1 aliphatic rings. The van der Waals surface area contributed by atoms with E-state index in [1.54, 1.807) is 36.3 Å². The van der Waals surface area contributed by atoms with Crippen molar-refractivity contribution >= 4 is 10.0 Å². The monoisotopic (exact) mass is 351 g/mol. The van der Waals surface area contributed by atoms with Crippen molar-refractivity contribution in [1.29, 1.82) is 0 Å². The number of methoxy groups -OCH3 is 1. The second-order valence-corrected chi connectivity index (χ2v) is 7.82. The van der Waals surface area contributed by atoms with E-state index in [1.807, 2.05) is 0 Å². The van der Waals surface area contributed by atoms with E-state index >= 15 is 0 Å². The fourth-order valence-electron chi connectivity index (χ4n) is 2.94. The fourth-order valence-corrected chi connectivity index (χ4v) is 4.27. The largest absolute Gasteiger partial charge is 0.497 e. The van der Waals surface area contributed by atoms with E-state index in [9.17, 15) is 13.5 Å². The van der Waals surface area contributed by atoms with Crippen LogP contribution in [0, 0.1) is 5.92 Å². The summed E-state index contributed by atoms with van der Waals surface area (Å²) in [7, 11) is -0.440. The number of nitrogens with zero attached hydrogens (tertiary/aromatic N) is 2. The van der Waals surface area contributed by atoms with Crippen LogP contribution in [0.1, 0.15) is 24.4 Å². The van der Waals surface area contributed by atoms with Gasteiger partial charge in [0, 0.05) is 24.9 Å². The lowest BCUT2D eigenvalue weighted by atomic mass is 9.76. The van der Waals surface area contributed by atoms with Gasteiger partial charge in [-0.3, -0.25) is 4.68 Å². The van der Waals surface area contributed by atoms with E-state index in [-0.39, 0.29) is 16.9 Å². The summed E-state index contributed by atoms with van der Waals surface area (Å²) in [5.74, 6) is 0.527. The van der Waals surface area contributed by atoms with Crippen LogP contribution >= 0.6 is 0 Å². The molecule has 7 nitrogen and oxygen atoms in total. The van der Waals surface area contributed by atoms with Crippen molar-refractivity contribution in [1.82, 2.24) is 14.5 Å². The zero-order valence-corrected chi connectivity index (χ0v) is 14.4. The predicted molar refractivity (Wildman–Crippen MR) is 88.0 cm³/mol. The number of aryl methyl sites for hydroxylation is 1. The number of hydrogen-bond acceptors (Lipinski definition) is 5. The number of ether oxygens (including phenoxy) is 1. The first kappa shape index (κ1) is 16.9. The molecular formula is C16H21N3O4S. The first-order valence-corrected chi connectivity index (χ1v) is 9.20. The van der Waals surface area contributed by atoms with E-state index in [0.29, 0.717) is 18.6 Å². The zero-order chi connectivity index (χ0) is 17.3. The van der Waals surface area contributed by atoms with E-state index in [1.165, 1.54) is 19.2 Å². The van der Waals surface area contributed by atoms with Crippen molar-refractivity contribution in [2.45, 2.75) is 29.9 Å². The Bertz CT molecular complexity index is 812. The molecule has 3 rings (SSSR count). The summed E-state index contributed by atoms with van der Waals surface area (Å²) >= 11 is 0. The van der Waals surface area contributed by atoms with Gasteiger partial charge in [-0.25, -0.2) is 13.1 Å². The van der Waals surface area contributed by atoms with Crippen LogP contribution in [0.3, 0.4) is 0 Å². The predicted octanol–water partition coefficient (Wildman–Crippen LogP) is 1.22. The Balaban J connectivity index is 1.88. The van der Waals surface area contributed by atoms with Crippen LogP contribution in [-0.4, -0.2) is 36.5 Å². The first-order chi connectivity index (χ1) is 11.4. The average Bonchev–Trinajstić information content (AvgIpc) is 2.96. The van der Waals surface area contributed by atoms with Gasteiger partial charge in [0.05, 0.1) is 30.3 Å². The Labute approximate surface area is 141 Å². The second kappa shape index (κ2) is 6.54. The first-order valence-electron chi connectivity index (χ1n) is 7.72. The topological polar surface area (TPSA) is 93.5 Å². The number of aromatic nitrogens is 2. The van der Waals surface area contributed by atoms with Gasteiger partial charge >= 0.3 is 0 Å². The average molecular weight is 351 g/mol. The molecule has 1 atom stereocenters. The molecule has 0 saturated heterocycles. The molecule has 1 aromatic carbocycles. The lowest BCUT2D eigenvalue weighted by Gasteiger charge is -2.37. The summed E-state index contributed by atoms with van der Waals surface area (Å²) in [6.45, 7) is 0. The Kier molecular flexibility index (Phi) is 4.62. The Hall–Kier alpha value is -1.90. The number of benzene rings is 1. The number of hydrogen-bond donors (Lipinski definition) is 2. The summed E-state index contributed by atoms with van der Waals surface area (Å²) < 4.78 is 35.0. The highest BCUT2D eigenvalue weighted by Crippen LogP contribution is 2.38. The van der Waals surface area contributed by atoms with Crippen LogP contribution in [0.2, 0.25) is 0 Å². The van der Waals surface area contributed by atoms with Gasteiger partial charge in [-0.1, -0.05) is 6.07 Å². The van der Waals surface area contributed by atoms with Crippen LogP contribution in [0.25, 0.3) is 0 Å². The molecule has 2 N–H and O–H groups in total. The minimum Gasteiger partial charge on any atom is -0.497 e.